The van der Waals surface area contributed by atoms with Crippen LogP contribution < -0.4 is 16.4 Å². The van der Waals surface area contributed by atoms with Crippen molar-refractivity contribution in [3.05, 3.63) is 56.9 Å². The van der Waals surface area contributed by atoms with E-state index in [1.54, 1.807) is 27.7 Å². The van der Waals surface area contributed by atoms with Crippen LogP contribution in [0.4, 0.5) is 10.1 Å². The largest absolute Gasteiger partial charge is 0.370 e. The van der Waals surface area contributed by atoms with E-state index in [2.05, 4.69) is 15.4 Å². The first-order valence-electron chi connectivity index (χ1n) is 10.3. The summed E-state index contributed by atoms with van der Waals surface area (Å²) in [4.78, 5) is 40.5. The molecule has 3 aromatic heterocycles. The number of anilines is 1. The van der Waals surface area contributed by atoms with E-state index in [1.165, 1.54) is 12.1 Å². The van der Waals surface area contributed by atoms with E-state index in [9.17, 15) is 18.8 Å². The summed E-state index contributed by atoms with van der Waals surface area (Å²) in [6.45, 7) is -0.164. The first-order chi connectivity index (χ1) is 14.9. The van der Waals surface area contributed by atoms with Gasteiger partial charge in [-0.1, -0.05) is 0 Å². The molecule has 7 rings (SSSR count). The summed E-state index contributed by atoms with van der Waals surface area (Å²) in [5.74, 6) is -0.663. The molecule has 0 atom stereocenters. The summed E-state index contributed by atoms with van der Waals surface area (Å²) in [7, 11) is 0. The number of aromatic nitrogens is 4. The van der Waals surface area contributed by atoms with Crippen LogP contribution in [0.15, 0.2) is 40.2 Å². The molecule has 1 amide bonds. The van der Waals surface area contributed by atoms with Crippen molar-refractivity contribution in [3.8, 4) is 0 Å². The number of amides is 1. The molecule has 2 N–H and O–H groups in total. The highest BCUT2D eigenvalue weighted by molar-refractivity contribution is 6.05. The van der Waals surface area contributed by atoms with Crippen LogP contribution in [0.2, 0.25) is 0 Å². The molecule has 10 heteroatoms. The van der Waals surface area contributed by atoms with Crippen LogP contribution in [0.25, 0.3) is 11.0 Å². The molecular weight excluding hydrogens is 405 g/mol. The van der Waals surface area contributed by atoms with Gasteiger partial charge in [-0.3, -0.25) is 19.1 Å². The number of nitrogens with zero attached hydrogens (tertiary/aromatic N) is 3. The maximum Gasteiger partial charge on any atom is 0.274 e. The molecule has 2 saturated carbocycles. The highest BCUT2D eigenvalue weighted by Gasteiger charge is 2.64. The number of rotatable bonds is 5. The Kier molecular flexibility index (Phi) is 3.66. The maximum absolute atomic E-state index is 13.2. The molecular formula is C21H20FN5O4. The van der Waals surface area contributed by atoms with Crippen LogP contribution in [0, 0.1) is 0 Å². The minimum absolute atomic E-state index is 0.111. The molecule has 160 valence electrons. The van der Waals surface area contributed by atoms with Crippen LogP contribution in [0.3, 0.4) is 0 Å². The van der Waals surface area contributed by atoms with Gasteiger partial charge < -0.3 is 19.6 Å². The summed E-state index contributed by atoms with van der Waals surface area (Å²) in [5.41, 5.74) is -1.64. The number of fused-ring (bicyclic) bond motifs is 2. The van der Waals surface area contributed by atoms with Crippen molar-refractivity contribution in [1.29, 1.82) is 0 Å². The van der Waals surface area contributed by atoms with Gasteiger partial charge in [-0.25, -0.2) is 4.39 Å². The van der Waals surface area contributed by atoms with Crippen molar-refractivity contribution < 1.29 is 13.9 Å². The normalized spacial score (nSPS) is 26.7. The second kappa shape index (κ2) is 6.13. The molecule has 2 bridgehead atoms. The number of alkyl halides is 1. The Hall–Kier alpha value is -3.27. The van der Waals surface area contributed by atoms with Crippen LogP contribution in [-0.4, -0.2) is 44.1 Å². The number of aromatic amines is 1. The summed E-state index contributed by atoms with van der Waals surface area (Å²) < 4.78 is 22.1. The first-order valence-corrected chi connectivity index (χ1v) is 10.3. The summed E-state index contributed by atoms with van der Waals surface area (Å²) in [6, 6.07) is 4.86. The van der Waals surface area contributed by atoms with E-state index < -0.39 is 29.3 Å². The summed E-state index contributed by atoms with van der Waals surface area (Å²) >= 11 is 0. The van der Waals surface area contributed by atoms with Crippen molar-refractivity contribution in [2.24, 2.45) is 0 Å². The zero-order valence-corrected chi connectivity index (χ0v) is 16.6. The average molecular weight is 425 g/mol. The fraction of sp³-hybridized carbons (Fsp3) is 0.429. The number of H-pyrrole nitrogens is 1. The predicted molar refractivity (Wildman–Crippen MR) is 109 cm³/mol. The van der Waals surface area contributed by atoms with Crippen LogP contribution >= 0.6 is 0 Å². The van der Waals surface area contributed by atoms with Crippen molar-refractivity contribution >= 4 is 22.6 Å². The molecule has 3 aromatic rings. The molecule has 9 nitrogen and oxygen atoms in total. The van der Waals surface area contributed by atoms with Gasteiger partial charge in [0.15, 0.2) is 5.65 Å². The van der Waals surface area contributed by atoms with Gasteiger partial charge in [0.05, 0.1) is 12.1 Å². The lowest BCUT2D eigenvalue weighted by atomic mass is 9.69. The molecule has 5 heterocycles. The lowest BCUT2D eigenvalue weighted by molar-refractivity contribution is -0.0336. The SMILES string of the molecule is O=C(Nc1cccn(C2CC2)c1=O)c1cc2cn(C34COC(CF)(C3)C4)nc2[nH]c1=O. The number of carbonyl (C=O) groups is 1. The standard InChI is InChI=1S/C21H20FN5O4/c22-10-21-8-20(9-21,11-31-21)27-7-12-6-14(18(29)24-16(12)25-27)17(28)23-15-2-1-5-26(19(15)30)13-3-4-13/h1-2,5-7,13H,3-4,8-11H2,(H,23,28)(H,24,25,29). The molecule has 4 aliphatic rings. The Morgan fingerprint density at radius 2 is 2.16 bits per heavy atom. The Labute approximate surface area is 174 Å². The lowest BCUT2D eigenvalue weighted by Gasteiger charge is -2.42. The van der Waals surface area contributed by atoms with Gasteiger partial charge in [0.2, 0.25) is 0 Å². The second-order valence-electron chi connectivity index (χ2n) is 8.89. The number of hydrogen-bond acceptors (Lipinski definition) is 5. The summed E-state index contributed by atoms with van der Waals surface area (Å²) in [5, 5.41) is 7.58. The molecule has 2 aliphatic heterocycles. The second-order valence-corrected chi connectivity index (χ2v) is 8.89. The third kappa shape index (κ3) is 2.71. The number of hydrogen-bond donors (Lipinski definition) is 2. The maximum atomic E-state index is 13.2. The van der Waals surface area contributed by atoms with Gasteiger partial charge in [-0.15, -0.1) is 0 Å². The van der Waals surface area contributed by atoms with E-state index in [4.69, 9.17) is 4.74 Å². The van der Waals surface area contributed by atoms with Gasteiger partial charge in [0.1, 0.15) is 23.5 Å². The minimum Gasteiger partial charge on any atom is -0.370 e. The summed E-state index contributed by atoms with van der Waals surface area (Å²) in [6.07, 6.45) is 6.38. The third-order valence-electron chi connectivity index (χ3n) is 6.61. The van der Waals surface area contributed by atoms with Gasteiger partial charge in [-0.2, -0.15) is 5.10 Å². The molecule has 4 fully saturated rings. The van der Waals surface area contributed by atoms with Crippen molar-refractivity contribution in [2.45, 2.75) is 42.9 Å². The van der Waals surface area contributed by atoms with Crippen molar-refractivity contribution in [2.75, 3.05) is 18.6 Å². The fourth-order valence-electron chi connectivity index (χ4n) is 4.83. The minimum atomic E-state index is -0.709. The Morgan fingerprint density at radius 1 is 1.35 bits per heavy atom. The van der Waals surface area contributed by atoms with E-state index in [0.717, 1.165) is 12.8 Å². The van der Waals surface area contributed by atoms with E-state index >= 15 is 0 Å². The van der Waals surface area contributed by atoms with E-state index in [0.29, 0.717) is 30.5 Å². The Balaban J connectivity index is 1.31. The quantitative estimate of drug-likeness (QED) is 0.647. The first kappa shape index (κ1) is 18.5. The topological polar surface area (TPSA) is 111 Å². The highest BCUT2D eigenvalue weighted by atomic mass is 19.1. The van der Waals surface area contributed by atoms with Gasteiger partial charge in [0.25, 0.3) is 17.0 Å². The number of halogens is 1. The zero-order valence-electron chi connectivity index (χ0n) is 16.6. The van der Waals surface area contributed by atoms with Crippen LogP contribution in [0.5, 0.6) is 0 Å². The molecule has 0 aromatic carbocycles. The molecule has 0 radical (unpaired) electrons. The van der Waals surface area contributed by atoms with E-state index in [-0.39, 0.29) is 22.9 Å². The predicted octanol–water partition coefficient (Wildman–Crippen LogP) is 1.70. The monoisotopic (exact) mass is 425 g/mol. The van der Waals surface area contributed by atoms with E-state index in [1.807, 2.05) is 0 Å². The Bertz CT molecular complexity index is 1350. The fourth-order valence-corrected chi connectivity index (χ4v) is 4.83. The van der Waals surface area contributed by atoms with Gasteiger partial charge >= 0.3 is 0 Å². The highest BCUT2D eigenvalue weighted by Crippen LogP contribution is 2.56. The smallest absolute Gasteiger partial charge is 0.274 e. The molecule has 31 heavy (non-hydrogen) atoms. The number of carbonyl (C=O) groups excluding carboxylic acids is 1. The molecule has 2 aliphatic carbocycles. The average Bonchev–Trinajstić information content (AvgIpc) is 3.22. The molecule has 0 unspecified atom stereocenters. The zero-order chi connectivity index (χ0) is 21.4. The van der Waals surface area contributed by atoms with Crippen LogP contribution in [0.1, 0.15) is 42.1 Å². The number of pyridine rings is 2. The third-order valence-corrected chi connectivity index (χ3v) is 6.61. The Morgan fingerprint density at radius 3 is 2.87 bits per heavy atom. The van der Waals surface area contributed by atoms with Gasteiger partial charge in [0, 0.05) is 36.7 Å². The number of ether oxygens (including phenoxy) is 1. The number of nitrogens with one attached hydrogen (secondary N) is 2. The van der Waals surface area contributed by atoms with Crippen molar-refractivity contribution in [1.82, 2.24) is 19.3 Å². The molecule has 0 spiro atoms. The lowest BCUT2D eigenvalue weighted by Crippen LogP contribution is -2.52. The van der Waals surface area contributed by atoms with Crippen LogP contribution in [-0.2, 0) is 10.3 Å². The van der Waals surface area contributed by atoms with Gasteiger partial charge in [-0.05, 0) is 31.0 Å². The van der Waals surface area contributed by atoms with Crippen molar-refractivity contribution in [3.63, 3.8) is 0 Å². The molecule has 2 saturated heterocycles.